The van der Waals surface area contributed by atoms with Crippen molar-refractivity contribution >= 4 is 78.5 Å². The molecule has 0 N–H and O–H groups in total. The van der Waals surface area contributed by atoms with Crippen LogP contribution in [0.2, 0.25) is 0 Å². The Labute approximate surface area is 271 Å². The second kappa shape index (κ2) is 9.24. The van der Waals surface area contributed by atoms with Crippen molar-refractivity contribution in [1.82, 2.24) is 0 Å². The van der Waals surface area contributed by atoms with Gasteiger partial charge in [-0.15, -0.1) is 0 Å². The summed E-state index contributed by atoms with van der Waals surface area (Å²) in [6, 6.07) is 53.3. The van der Waals surface area contributed by atoms with Crippen LogP contribution >= 0.6 is 0 Å². The van der Waals surface area contributed by atoms with Crippen molar-refractivity contribution in [3.8, 4) is 22.3 Å². The molecule has 0 saturated carbocycles. The van der Waals surface area contributed by atoms with Crippen LogP contribution in [-0.2, 0) is 5.41 Å². The fraction of sp³-hybridized carbons (Fsp3) is 0.0909. The van der Waals surface area contributed by atoms with Crippen LogP contribution < -0.4 is 32.8 Å². The lowest BCUT2D eigenvalue weighted by Gasteiger charge is -2.25. The molecule has 2 heteroatoms. The largest absolute Gasteiger partial charge is 0.243 e. The van der Waals surface area contributed by atoms with Crippen molar-refractivity contribution < 1.29 is 0 Å². The van der Waals surface area contributed by atoms with Crippen LogP contribution in [0.4, 0.5) is 0 Å². The average Bonchev–Trinajstić information content (AvgIpc) is 3.59. The molecule has 0 spiro atoms. The van der Waals surface area contributed by atoms with E-state index in [1.807, 2.05) is 0 Å². The Kier molecular flexibility index (Phi) is 5.26. The normalized spacial score (nSPS) is 13.5. The van der Waals surface area contributed by atoms with Crippen LogP contribution in [-0.4, -0.2) is 13.4 Å². The first-order valence-corrected chi connectivity index (χ1v) is 16.6. The van der Waals surface area contributed by atoms with E-state index in [9.17, 15) is 0 Å². The highest BCUT2D eigenvalue weighted by atomic mass is 14.2. The highest BCUT2D eigenvalue weighted by Crippen LogP contribution is 2.38. The monoisotopic (exact) mass is 582 g/mol. The van der Waals surface area contributed by atoms with Gasteiger partial charge < -0.3 is 0 Å². The third kappa shape index (κ3) is 3.48. The van der Waals surface area contributed by atoms with Crippen molar-refractivity contribution in [1.29, 1.82) is 0 Å². The summed E-state index contributed by atoms with van der Waals surface area (Å²) in [7, 11) is 0. The molecule has 0 bridgehead atoms. The second-order valence-electron chi connectivity index (χ2n) is 14.4. The molecule has 2 aliphatic rings. The Morgan fingerprint density at radius 1 is 0.370 bits per heavy atom. The molecule has 0 radical (unpaired) electrons. The number of hydrogen-bond donors (Lipinski definition) is 0. The highest BCUT2D eigenvalue weighted by molar-refractivity contribution is 7.03. The van der Waals surface area contributed by atoms with Crippen molar-refractivity contribution in [2.75, 3.05) is 0 Å². The van der Waals surface area contributed by atoms with Crippen molar-refractivity contribution in [3.05, 3.63) is 145 Å². The van der Waals surface area contributed by atoms with Gasteiger partial charge in [0.15, 0.2) is 0 Å². The molecule has 2 aliphatic heterocycles. The molecule has 0 nitrogen and oxygen atoms in total. The van der Waals surface area contributed by atoms with Crippen LogP contribution in [0, 0.1) is 0 Å². The van der Waals surface area contributed by atoms with Gasteiger partial charge in [-0.2, -0.15) is 0 Å². The summed E-state index contributed by atoms with van der Waals surface area (Å²) in [5.41, 5.74) is 15.4. The molecular formula is C44H32B2. The summed E-state index contributed by atoms with van der Waals surface area (Å²) >= 11 is 0. The predicted molar refractivity (Wildman–Crippen MR) is 202 cm³/mol. The molecule has 8 aromatic carbocycles. The smallest absolute Gasteiger partial charge is 0.0705 e. The molecule has 0 fully saturated rings. The zero-order valence-corrected chi connectivity index (χ0v) is 26.4. The zero-order valence-electron chi connectivity index (χ0n) is 26.4. The van der Waals surface area contributed by atoms with Crippen molar-refractivity contribution in [3.63, 3.8) is 0 Å². The molecule has 0 aromatic heterocycles. The lowest BCUT2D eigenvalue weighted by molar-refractivity contribution is 0.591. The fourth-order valence-electron chi connectivity index (χ4n) is 8.86. The number of rotatable bonds is 2. The molecule has 0 aliphatic carbocycles. The number of fused-ring (bicyclic) bond motifs is 6. The maximum atomic E-state index is 2.59. The van der Waals surface area contributed by atoms with E-state index in [1.54, 1.807) is 0 Å². The van der Waals surface area contributed by atoms with Gasteiger partial charge in [0.1, 0.15) is 0 Å². The molecule has 0 saturated heterocycles. The zero-order chi connectivity index (χ0) is 30.7. The Morgan fingerprint density at radius 2 is 0.739 bits per heavy atom. The first-order valence-electron chi connectivity index (χ1n) is 16.6. The first kappa shape index (κ1) is 26.2. The lowest BCUT2D eigenvalue weighted by atomic mass is 9.34. The lowest BCUT2D eigenvalue weighted by Crippen LogP contribution is -2.54. The molecule has 0 amide bonds. The summed E-state index contributed by atoms with van der Waals surface area (Å²) < 4.78 is 0. The Bertz CT molecular complexity index is 2280. The van der Waals surface area contributed by atoms with Gasteiger partial charge in [-0.1, -0.05) is 193 Å². The van der Waals surface area contributed by atoms with Crippen LogP contribution in [0.15, 0.2) is 140 Å². The minimum atomic E-state index is 0.0787. The minimum Gasteiger partial charge on any atom is -0.0705 e. The molecule has 10 rings (SSSR count). The van der Waals surface area contributed by atoms with Gasteiger partial charge in [0.2, 0.25) is 13.4 Å². The third-order valence-electron chi connectivity index (χ3n) is 10.9. The van der Waals surface area contributed by atoms with Crippen LogP contribution in [0.5, 0.6) is 0 Å². The topological polar surface area (TPSA) is 0 Å². The van der Waals surface area contributed by atoms with E-state index in [2.05, 4.69) is 160 Å². The SMILES string of the molecule is CC(C)(C)c1cc2ccc3c(B4c5ccccc5-c5ccccc54)cc(B4c5ccccc5-c5ccccc54)c4ccc(c1)c2c34. The summed E-state index contributed by atoms with van der Waals surface area (Å²) in [4.78, 5) is 0. The number of benzene rings is 8. The molecule has 8 aromatic rings. The van der Waals surface area contributed by atoms with Gasteiger partial charge in [-0.05, 0) is 65.5 Å². The molecule has 214 valence electrons. The minimum absolute atomic E-state index is 0.0787. The summed E-state index contributed by atoms with van der Waals surface area (Å²) in [6.45, 7) is 7.31. The van der Waals surface area contributed by atoms with E-state index in [0.717, 1.165) is 0 Å². The van der Waals surface area contributed by atoms with E-state index in [-0.39, 0.29) is 18.8 Å². The summed E-state index contributed by atoms with van der Waals surface area (Å²) in [5, 5.41) is 8.22. The van der Waals surface area contributed by atoms with E-state index >= 15 is 0 Å². The Hall–Kier alpha value is -5.07. The third-order valence-corrected chi connectivity index (χ3v) is 10.9. The average molecular weight is 582 g/mol. The van der Waals surface area contributed by atoms with E-state index in [4.69, 9.17) is 0 Å². The van der Waals surface area contributed by atoms with Crippen molar-refractivity contribution in [2.45, 2.75) is 26.2 Å². The van der Waals surface area contributed by atoms with Crippen LogP contribution in [0.3, 0.4) is 0 Å². The van der Waals surface area contributed by atoms with Gasteiger partial charge in [0.05, 0.1) is 0 Å². The fourth-order valence-corrected chi connectivity index (χ4v) is 8.86. The molecular weight excluding hydrogens is 550 g/mol. The second-order valence-corrected chi connectivity index (χ2v) is 14.4. The predicted octanol–water partition coefficient (Wildman–Crippen LogP) is 6.87. The highest BCUT2D eigenvalue weighted by Gasteiger charge is 2.38. The quantitative estimate of drug-likeness (QED) is 0.154. The van der Waals surface area contributed by atoms with Gasteiger partial charge >= 0.3 is 0 Å². The van der Waals surface area contributed by atoms with E-state index in [0.29, 0.717) is 0 Å². The van der Waals surface area contributed by atoms with Gasteiger partial charge in [0, 0.05) is 0 Å². The van der Waals surface area contributed by atoms with E-state index in [1.165, 1.54) is 92.9 Å². The summed E-state index contributed by atoms with van der Waals surface area (Å²) in [6.07, 6.45) is 0. The van der Waals surface area contributed by atoms with E-state index < -0.39 is 0 Å². The van der Waals surface area contributed by atoms with Crippen molar-refractivity contribution in [2.24, 2.45) is 0 Å². The van der Waals surface area contributed by atoms with Crippen LogP contribution in [0.25, 0.3) is 54.6 Å². The molecule has 46 heavy (non-hydrogen) atoms. The number of hydrogen-bond acceptors (Lipinski definition) is 0. The first-order chi connectivity index (χ1) is 22.5. The standard InChI is InChI=1S/C44H32B2/c1-44(2,3)29-24-27-20-22-34-40(45-36-16-8-4-12-30(36)31-13-5-9-17-37(31)45)26-41(35-23-21-28(25-29)42(27)43(34)35)46-38-18-10-6-14-32(38)33-15-7-11-19-39(33)46/h4-26H,1-3H3. The maximum Gasteiger partial charge on any atom is 0.243 e. The molecule has 0 atom stereocenters. The van der Waals surface area contributed by atoms with Gasteiger partial charge in [-0.3, -0.25) is 0 Å². The van der Waals surface area contributed by atoms with Crippen LogP contribution in [0.1, 0.15) is 26.3 Å². The van der Waals surface area contributed by atoms with Gasteiger partial charge in [-0.25, -0.2) is 0 Å². The Morgan fingerprint density at radius 3 is 1.11 bits per heavy atom. The summed E-state index contributed by atoms with van der Waals surface area (Å²) in [5.74, 6) is 0. The maximum absolute atomic E-state index is 2.59. The molecule has 0 unspecified atom stereocenters. The Balaban J connectivity index is 1.36. The van der Waals surface area contributed by atoms with Gasteiger partial charge in [0.25, 0.3) is 0 Å². The molecule has 2 heterocycles.